The summed E-state index contributed by atoms with van der Waals surface area (Å²) in [5, 5.41) is 0. The Hall–Kier alpha value is -1.06. The largest absolute Gasteiger partial charge is 0.387 e. The minimum absolute atomic E-state index is 0. The fourth-order valence-corrected chi connectivity index (χ4v) is 2.76. The number of hydrogen-bond acceptors (Lipinski definition) is 2. The number of benzene rings is 1. The Morgan fingerprint density at radius 1 is 1.08 bits per heavy atom. The highest BCUT2D eigenvalue weighted by atomic mass is 35.5. The van der Waals surface area contributed by atoms with E-state index >= 15 is 0 Å². The SMILES string of the molecule is CCN(CC)CCCN=C(N)C(C)c1ccc(CC(C)C)cc1.Cl. The van der Waals surface area contributed by atoms with Crippen molar-refractivity contribution in [2.75, 3.05) is 26.2 Å². The van der Waals surface area contributed by atoms with Crippen LogP contribution >= 0.6 is 12.4 Å². The zero-order valence-corrected chi connectivity index (χ0v) is 16.9. The van der Waals surface area contributed by atoms with Crippen LogP contribution in [-0.4, -0.2) is 36.9 Å². The van der Waals surface area contributed by atoms with Crippen molar-refractivity contribution in [2.24, 2.45) is 16.6 Å². The van der Waals surface area contributed by atoms with Crippen LogP contribution in [0.2, 0.25) is 0 Å². The van der Waals surface area contributed by atoms with Crippen LogP contribution in [0.5, 0.6) is 0 Å². The van der Waals surface area contributed by atoms with Gasteiger partial charge in [0.2, 0.25) is 0 Å². The van der Waals surface area contributed by atoms with Gasteiger partial charge < -0.3 is 10.6 Å². The Balaban J connectivity index is 0.00000529. The van der Waals surface area contributed by atoms with Gasteiger partial charge in [-0.25, -0.2) is 0 Å². The number of rotatable bonds is 10. The molecule has 0 fully saturated rings. The summed E-state index contributed by atoms with van der Waals surface area (Å²) in [6, 6.07) is 8.83. The molecule has 0 saturated carbocycles. The fourth-order valence-electron chi connectivity index (χ4n) is 2.76. The summed E-state index contributed by atoms with van der Waals surface area (Å²) in [5.74, 6) is 1.63. The summed E-state index contributed by atoms with van der Waals surface area (Å²) >= 11 is 0. The van der Waals surface area contributed by atoms with Crippen LogP contribution in [0.3, 0.4) is 0 Å². The molecule has 24 heavy (non-hydrogen) atoms. The highest BCUT2D eigenvalue weighted by Gasteiger charge is 2.10. The lowest BCUT2D eigenvalue weighted by Crippen LogP contribution is -2.25. The molecule has 0 aliphatic rings. The van der Waals surface area contributed by atoms with Gasteiger partial charge in [-0.3, -0.25) is 4.99 Å². The highest BCUT2D eigenvalue weighted by Crippen LogP contribution is 2.17. The number of halogens is 1. The maximum atomic E-state index is 6.19. The zero-order chi connectivity index (χ0) is 17.2. The van der Waals surface area contributed by atoms with Crippen molar-refractivity contribution in [1.29, 1.82) is 0 Å². The Bertz CT molecular complexity index is 464. The number of nitrogens with two attached hydrogens (primary N) is 1. The monoisotopic (exact) mass is 353 g/mol. The first kappa shape index (κ1) is 22.9. The maximum absolute atomic E-state index is 6.19. The van der Waals surface area contributed by atoms with E-state index in [1.54, 1.807) is 0 Å². The number of hydrogen-bond donors (Lipinski definition) is 1. The lowest BCUT2D eigenvalue weighted by molar-refractivity contribution is 0.302. The molecule has 1 aromatic carbocycles. The summed E-state index contributed by atoms with van der Waals surface area (Å²) in [4.78, 5) is 7.00. The number of nitrogens with zero attached hydrogens (tertiary/aromatic N) is 2. The van der Waals surface area contributed by atoms with E-state index in [1.165, 1.54) is 11.1 Å². The van der Waals surface area contributed by atoms with Crippen LogP contribution < -0.4 is 5.73 Å². The van der Waals surface area contributed by atoms with Gasteiger partial charge >= 0.3 is 0 Å². The molecule has 0 aliphatic carbocycles. The van der Waals surface area contributed by atoms with Crippen molar-refractivity contribution >= 4 is 18.2 Å². The average molecular weight is 354 g/mol. The molecule has 0 saturated heterocycles. The first-order chi connectivity index (χ1) is 11.0. The molecule has 3 nitrogen and oxygen atoms in total. The molecule has 0 radical (unpaired) electrons. The molecule has 1 rings (SSSR count). The van der Waals surface area contributed by atoms with Gasteiger partial charge in [0.25, 0.3) is 0 Å². The van der Waals surface area contributed by atoms with Crippen LogP contribution in [0.1, 0.15) is 58.1 Å². The second-order valence-electron chi connectivity index (χ2n) is 6.75. The summed E-state index contributed by atoms with van der Waals surface area (Å²) in [6.45, 7) is 15.2. The molecule has 2 N–H and O–H groups in total. The Morgan fingerprint density at radius 3 is 2.17 bits per heavy atom. The van der Waals surface area contributed by atoms with E-state index in [4.69, 9.17) is 5.73 Å². The van der Waals surface area contributed by atoms with E-state index in [0.717, 1.165) is 44.9 Å². The molecule has 0 spiro atoms. The topological polar surface area (TPSA) is 41.6 Å². The van der Waals surface area contributed by atoms with Crippen LogP contribution in [0.25, 0.3) is 0 Å². The minimum atomic E-state index is 0. The predicted octanol–water partition coefficient (Wildman–Crippen LogP) is 4.50. The third kappa shape index (κ3) is 8.16. The van der Waals surface area contributed by atoms with E-state index in [1.807, 2.05) is 0 Å². The summed E-state index contributed by atoms with van der Waals surface area (Å²) in [5.41, 5.74) is 8.83. The molecule has 0 bridgehead atoms. The Morgan fingerprint density at radius 2 is 1.67 bits per heavy atom. The molecule has 4 heteroatoms. The van der Waals surface area contributed by atoms with Gasteiger partial charge in [-0.15, -0.1) is 12.4 Å². The van der Waals surface area contributed by atoms with Gasteiger partial charge in [-0.1, -0.05) is 58.9 Å². The van der Waals surface area contributed by atoms with E-state index < -0.39 is 0 Å². The van der Waals surface area contributed by atoms with Crippen molar-refractivity contribution in [1.82, 2.24) is 4.90 Å². The van der Waals surface area contributed by atoms with Crippen LogP contribution in [-0.2, 0) is 6.42 Å². The van der Waals surface area contributed by atoms with E-state index in [2.05, 4.69) is 68.8 Å². The molecule has 1 atom stereocenters. The van der Waals surface area contributed by atoms with Gasteiger partial charge in [0.15, 0.2) is 0 Å². The summed E-state index contributed by atoms with van der Waals surface area (Å²) in [7, 11) is 0. The average Bonchev–Trinajstić information content (AvgIpc) is 2.54. The van der Waals surface area contributed by atoms with Gasteiger partial charge in [0, 0.05) is 12.5 Å². The standard InChI is InChI=1S/C20H35N3.ClH/c1-6-23(7-2)14-8-13-22-20(21)17(5)19-11-9-18(10-12-19)15-16(3)4;/h9-12,16-17H,6-8,13-15H2,1-5H3,(H2,21,22);1H. The first-order valence-corrected chi connectivity index (χ1v) is 9.08. The van der Waals surface area contributed by atoms with Crippen molar-refractivity contribution in [3.63, 3.8) is 0 Å². The van der Waals surface area contributed by atoms with Gasteiger partial charge in [-0.2, -0.15) is 0 Å². The second kappa shape index (κ2) is 12.3. The van der Waals surface area contributed by atoms with Gasteiger partial charge in [0.1, 0.15) is 5.84 Å². The van der Waals surface area contributed by atoms with Crippen molar-refractivity contribution in [3.8, 4) is 0 Å². The molecule has 138 valence electrons. The lowest BCUT2D eigenvalue weighted by atomic mass is 9.96. The van der Waals surface area contributed by atoms with E-state index in [0.29, 0.717) is 5.92 Å². The maximum Gasteiger partial charge on any atom is 0.101 e. The molecule has 1 unspecified atom stereocenters. The van der Waals surface area contributed by atoms with E-state index in [9.17, 15) is 0 Å². The Labute approximate surface area is 155 Å². The third-order valence-corrected chi connectivity index (χ3v) is 4.39. The van der Waals surface area contributed by atoms with E-state index in [-0.39, 0.29) is 18.3 Å². The predicted molar refractivity (Wildman–Crippen MR) is 110 cm³/mol. The van der Waals surface area contributed by atoms with Crippen LogP contribution in [0, 0.1) is 5.92 Å². The molecular formula is C20H36ClN3. The van der Waals surface area contributed by atoms with Gasteiger partial charge in [0.05, 0.1) is 0 Å². The second-order valence-corrected chi connectivity index (χ2v) is 6.75. The third-order valence-electron chi connectivity index (χ3n) is 4.39. The molecular weight excluding hydrogens is 318 g/mol. The Kier molecular flexibility index (Phi) is 11.8. The minimum Gasteiger partial charge on any atom is -0.387 e. The highest BCUT2D eigenvalue weighted by molar-refractivity contribution is 5.87. The summed E-state index contributed by atoms with van der Waals surface area (Å²) < 4.78 is 0. The molecule has 0 heterocycles. The van der Waals surface area contributed by atoms with Gasteiger partial charge in [-0.05, 0) is 49.5 Å². The molecule has 0 aromatic heterocycles. The first-order valence-electron chi connectivity index (χ1n) is 9.08. The number of amidine groups is 1. The zero-order valence-electron chi connectivity index (χ0n) is 16.1. The smallest absolute Gasteiger partial charge is 0.101 e. The normalized spacial score (nSPS) is 13.2. The van der Waals surface area contributed by atoms with Crippen molar-refractivity contribution in [2.45, 2.75) is 53.4 Å². The fraction of sp³-hybridized carbons (Fsp3) is 0.650. The van der Waals surface area contributed by atoms with Crippen LogP contribution in [0.15, 0.2) is 29.3 Å². The molecule has 0 amide bonds. The molecule has 0 aliphatic heterocycles. The quantitative estimate of drug-likeness (QED) is 0.382. The lowest BCUT2D eigenvalue weighted by Gasteiger charge is -2.17. The van der Waals surface area contributed by atoms with Crippen molar-refractivity contribution < 1.29 is 0 Å². The molecule has 1 aromatic rings. The summed E-state index contributed by atoms with van der Waals surface area (Å²) in [6.07, 6.45) is 2.20. The number of aliphatic imine (C=N–C) groups is 1. The van der Waals surface area contributed by atoms with Crippen LogP contribution in [0.4, 0.5) is 0 Å². The van der Waals surface area contributed by atoms with Crippen molar-refractivity contribution in [3.05, 3.63) is 35.4 Å².